The summed E-state index contributed by atoms with van der Waals surface area (Å²) >= 11 is 0. The van der Waals surface area contributed by atoms with E-state index in [9.17, 15) is 4.79 Å². The largest absolute Gasteiger partial charge is 0.373 e. The maximum absolute atomic E-state index is 12.2. The topological polar surface area (TPSA) is 41.6 Å². The van der Waals surface area contributed by atoms with Gasteiger partial charge in [0.05, 0.1) is 18.8 Å². The third kappa shape index (κ3) is 3.63. The summed E-state index contributed by atoms with van der Waals surface area (Å²) in [7, 11) is 0. The van der Waals surface area contributed by atoms with Crippen LogP contribution < -0.4 is 5.32 Å². The number of hydrogen-bond donors (Lipinski definition) is 1. The maximum atomic E-state index is 12.2. The molecule has 0 spiro atoms. The molecular formula is C17H24N2O2. The molecule has 21 heavy (non-hydrogen) atoms. The van der Waals surface area contributed by atoms with Crippen LogP contribution in [0.1, 0.15) is 31.4 Å². The number of amides is 1. The van der Waals surface area contributed by atoms with Crippen molar-refractivity contribution in [2.75, 3.05) is 25.0 Å². The molecule has 1 aliphatic heterocycles. The number of rotatable bonds is 3. The van der Waals surface area contributed by atoms with Gasteiger partial charge in [-0.3, -0.25) is 9.69 Å². The normalized spacial score (nSPS) is 25.6. The number of ether oxygens (including phenoxy) is 1. The third-order valence-corrected chi connectivity index (χ3v) is 4.24. The number of benzene rings is 1. The SMILES string of the molecule is C[C@@H]1CN(CC(=O)Nc2ccc3c(c2)CCC3)C[C@@H](C)O1. The van der Waals surface area contributed by atoms with Crippen LogP contribution in [-0.2, 0) is 22.4 Å². The quantitative estimate of drug-likeness (QED) is 0.927. The van der Waals surface area contributed by atoms with Crippen LogP contribution in [0, 0.1) is 0 Å². The molecule has 3 rings (SSSR count). The van der Waals surface area contributed by atoms with Crippen molar-refractivity contribution in [3.63, 3.8) is 0 Å². The van der Waals surface area contributed by atoms with E-state index in [1.807, 2.05) is 6.07 Å². The second-order valence-corrected chi connectivity index (χ2v) is 6.34. The van der Waals surface area contributed by atoms with Crippen molar-refractivity contribution in [1.29, 1.82) is 0 Å². The fraction of sp³-hybridized carbons (Fsp3) is 0.588. The Morgan fingerprint density at radius 1 is 1.24 bits per heavy atom. The average Bonchev–Trinajstić information content (AvgIpc) is 2.84. The first kappa shape index (κ1) is 14.5. The Morgan fingerprint density at radius 2 is 1.95 bits per heavy atom. The van der Waals surface area contributed by atoms with Gasteiger partial charge in [0.2, 0.25) is 5.91 Å². The molecule has 114 valence electrons. The number of anilines is 1. The van der Waals surface area contributed by atoms with Crippen molar-refractivity contribution in [2.24, 2.45) is 0 Å². The van der Waals surface area contributed by atoms with Gasteiger partial charge in [0.25, 0.3) is 0 Å². The van der Waals surface area contributed by atoms with Gasteiger partial charge in [-0.2, -0.15) is 0 Å². The van der Waals surface area contributed by atoms with Crippen LogP contribution in [0.5, 0.6) is 0 Å². The zero-order chi connectivity index (χ0) is 14.8. The molecule has 0 aromatic heterocycles. The molecule has 4 nitrogen and oxygen atoms in total. The lowest BCUT2D eigenvalue weighted by Crippen LogP contribution is -2.48. The number of nitrogens with one attached hydrogen (secondary N) is 1. The Bertz CT molecular complexity index is 520. The van der Waals surface area contributed by atoms with E-state index in [4.69, 9.17) is 4.74 Å². The maximum Gasteiger partial charge on any atom is 0.238 e. The summed E-state index contributed by atoms with van der Waals surface area (Å²) in [6.45, 7) is 6.20. The van der Waals surface area contributed by atoms with Crippen LogP contribution in [-0.4, -0.2) is 42.6 Å². The molecule has 0 radical (unpaired) electrons. The highest BCUT2D eigenvalue weighted by atomic mass is 16.5. The fourth-order valence-electron chi connectivity index (χ4n) is 3.47. The minimum absolute atomic E-state index is 0.0641. The molecule has 1 aliphatic carbocycles. The predicted molar refractivity (Wildman–Crippen MR) is 83.5 cm³/mol. The summed E-state index contributed by atoms with van der Waals surface area (Å²) in [5.74, 6) is 0.0641. The van der Waals surface area contributed by atoms with Crippen LogP contribution in [0.25, 0.3) is 0 Å². The number of carbonyl (C=O) groups is 1. The van der Waals surface area contributed by atoms with Crippen molar-refractivity contribution in [2.45, 2.75) is 45.3 Å². The molecule has 1 saturated heterocycles. The first-order chi connectivity index (χ1) is 10.1. The summed E-state index contributed by atoms with van der Waals surface area (Å²) < 4.78 is 5.69. The van der Waals surface area contributed by atoms with E-state index in [-0.39, 0.29) is 18.1 Å². The molecule has 1 heterocycles. The zero-order valence-corrected chi connectivity index (χ0v) is 12.9. The van der Waals surface area contributed by atoms with Crippen molar-refractivity contribution in [3.8, 4) is 0 Å². The molecule has 1 amide bonds. The lowest BCUT2D eigenvalue weighted by atomic mass is 10.1. The molecular weight excluding hydrogens is 264 g/mol. The number of nitrogens with zero attached hydrogens (tertiary/aromatic N) is 1. The van der Waals surface area contributed by atoms with Crippen LogP contribution >= 0.6 is 0 Å². The number of aryl methyl sites for hydroxylation is 2. The molecule has 0 bridgehead atoms. The van der Waals surface area contributed by atoms with E-state index >= 15 is 0 Å². The molecule has 2 aliphatic rings. The van der Waals surface area contributed by atoms with Crippen molar-refractivity contribution in [1.82, 2.24) is 4.90 Å². The molecule has 0 unspecified atom stereocenters. The highest BCUT2D eigenvalue weighted by molar-refractivity contribution is 5.92. The summed E-state index contributed by atoms with van der Waals surface area (Å²) in [4.78, 5) is 14.4. The van der Waals surface area contributed by atoms with Crippen molar-refractivity contribution in [3.05, 3.63) is 29.3 Å². The van der Waals surface area contributed by atoms with Crippen LogP contribution in [0.2, 0.25) is 0 Å². The molecule has 1 aromatic rings. The van der Waals surface area contributed by atoms with Crippen molar-refractivity contribution >= 4 is 11.6 Å². The van der Waals surface area contributed by atoms with Crippen LogP contribution in [0.4, 0.5) is 5.69 Å². The smallest absolute Gasteiger partial charge is 0.238 e. The summed E-state index contributed by atoms with van der Waals surface area (Å²) in [6.07, 6.45) is 3.93. The first-order valence-electron chi connectivity index (χ1n) is 7.89. The number of carbonyl (C=O) groups excluding carboxylic acids is 1. The van der Waals surface area contributed by atoms with Gasteiger partial charge in [-0.15, -0.1) is 0 Å². The van der Waals surface area contributed by atoms with Crippen molar-refractivity contribution < 1.29 is 9.53 Å². The minimum Gasteiger partial charge on any atom is -0.373 e. The minimum atomic E-state index is 0.0641. The summed E-state index contributed by atoms with van der Waals surface area (Å²) in [5.41, 5.74) is 3.75. The molecule has 1 aromatic carbocycles. The first-order valence-corrected chi connectivity index (χ1v) is 7.89. The number of morpholine rings is 1. The van der Waals surface area contributed by atoms with Crippen LogP contribution in [0.3, 0.4) is 0 Å². The Kier molecular flexibility index (Phi) is 4.27. The monoisotopic (exact) mass is 288 g/mol. The van der Waals surface area contributed by atoms with E-state index in [1.165, 1.54) is 24.0 Å². The van der Waals surface area contributed by atoms with E-state index in [0.717, 1.165) is 25.2 Å². The van der Waals surface area contributed by atoms with Gasteiger partial charge in [-0.25, -0.2) is 0 Å². The second kappa shape index (κ2) is 6.16. The number of fused-ring (bicyclic) bond motifs is 1. The fourth-order valence-corrected chi connectivity index (χ4v) is 3.47. The Balaban J connectivity index is 1.56. The Morgan fingerprint density at radius 3 is 2.71 bits per heavy atom. The highest BCUT2D eigenvalue weighted by Gasteiger charge is 2.23. The zero-order valence-electron chi connectivity index (χ0n) is 12.9. The van der Waals surface area contributed by atoms with Crippen LogP contribution in [0.15, 0.2) is 18.2 Å². The van der Waals surface area contributed by atoms with Gasteiger partial charge >= 0.3 is 0 Å². The Hall–Kier alpha value is -1.39. The van der Waals surface area contributed by atoms with Gasteiger partial charge in [0, 0.05) is 18.8 Å². The highest BCUT2D eigenvalue weighted by Crippen LogP contribution is 2.24. The third-order valence-electron chi connectivity index (χ3n) is 4.24. The summed E-state index contributed by atoms with van der Waals surface area (Å²) in [6, 6.07) is 6.30. The average molecular weight is 288 g/mol. The number of hydrogen-bond acceptors (Lipinski definition) is 3. The lowest BCUT2D eigenvalue weighted by Gasteiger charge is -2.34. The Labute approximate surface area is 126 Å². The van der Waals surface area contributed by atoms with E-state index < -0.39 is 0 Å². The predicted octanol–water partition coefficient (Wildman–Crippen LogP) is 2.22. The lowest BCUT2D eigenvalue weighted by molar-refractivity contribution is -0.121. The van der Waals surface area contributed by atoms with Gasteiger partial charge in [0.15, 0.2) is 0 Å². The molecule has 2 atom stereocenters. The second-order valence-electron chi connectivity index (χ2n) is 6.34. The van der Waals surface area contributed by atoms with E-state index in [1.54, 1.807) is 0 Å². The standard InChI is InChI=1S/C17H24N2O2/c1-12-9-19(10-13(2)21-12)11-17(20)18-16-7-6-14-4-3-5-15(14)8-16/h6-8,12-13H,3-5,9-11H2,1-2H3,(H,18,20)/t12-,13-/m1/s1. The molecule has 1 N–H and O–H groups in total. The van der Waals surface area contributed by atoms with Gasteiger partial charge in [-0.1, -0.05) is 6.07 Å². The van der Waals surface area contributed by atoms with Gasteiger partial charge < -0.3 is 10.1 Å². The van der Waals surface area contributed by atoms with Gasteiger partial charge in [0.1, 0.15) is 0 Å². The molecule has 0 saturated carbocycles. The van der Waals surface area contributed by atoms with E-state index in [2.05, 4.69) is 36.2 Å². The van der Waals surface area contributed by atoms with E-state index in [0.29, 0.717) is 6.54 Å². The summed E-state index contributed by atoms with van der Waals surface area (Å²) in [5, 5.41) is 3.03. The van der Waals surface area contributed by atoms with Gasteiger partial charge in [-0.05, 0) is 56.4 Å². The molecule has 1 fully saturated rings. The molecule has 4 heteroatoms.